The van der Waals surface area contributed by atoms with E-state index in [-0.39, 0.29) is 4.90 Å². The smallest absolute Gasteiger partial charge is 0.261 e. The summed E-state index contributed by atoms with van der Waals surface area (Å²) in [7, 11) is -3.59. The highest BCUT2D eigenvalue weighted by Crippen LogP contribution is 2.22. The number of H-pyrrole nitrogens is 1. The second-order valence-corrected chi connectivity index (χ2v) is 6.65. The molecule has 1 aromatic heterocycles. The minimum Gasteiger partial charge on any atom is -0.280 e. The third-order valence-electron chi connectivity index (χ3n) is 3.26. The molecule has 0 spiro atoms. The summed E-state index contributed by atoms with van der Waals surface area (Å²) in [4.78, 5) is 0.241. The first-order chi connectivity index (χ1) is 10.5. The van der Waals surface area contributed by atoms with E-state index in [1.807, 2.05) is 19.1 Å². The maximum atomic E-state index is 12.4. The molecule has 0 aliphatic heterocycles. The van der Waals surface area contributed by atoms with Crippen molar-refractivity contribution < 1.29 is 8.42 Å². The number of nitrogens with one attached hydrogen (secondary N) is 2. The summed E-state index contributed by atoms with van der Waals surface area (Å²) in [5.74, 6) is 0. The van der Waals surface area contributed by atoms with E-state index in [1.165, 1.54) is 0 Å². The molecule has 0 aliphatic rings. The Kier molecular flexibility index (Phi) is 3.68. The van der Waals surface area contributed by atoms with Gasteiger partial charge in [0.25, 0.3) is 10.0 Å². The van der Waals surface area contributed by atoms with Crippen LogP contribution in [0.3, 0.4) is 0 Å². The van der Waals surface area contributed by atoms with Crippen LogP contribution in [0.2, 0.25) is 0 Å². The van der Waals surface area contributed by atoms with E-state index in [1.54, 1.807) is 48.7 Å². The normalized spacial score (nSPS) is 11.3. The van der Waals surface area contributed by atoms with Crippen LogP contribution in [0.1, 0.15) is 5.56 Å². The first kappa shape index (κ1) is 14.3. The number of sulfonamides is 1. The van der Waals surface area contributed by atoms with Gasteiger partial charge >= 0.3 is 0 Å². The predicted octanol–water partition coefficient (Wildman–Crippen LogP) is 3.19. The van der Waals surface area contributed by atoms with Crippen LogP contribution in [0.25, 0.3) is 11.3 Å². The molecular formula is C16H15N3O2S. The molecule has 2 N–H and O–H groups in total. The zero-order valence-electron chi connectivity index (χ0n) is 11.9. The van der Waals surface area contributed by atoms with Gasteiger partial charge in [-0.15, -0.1) is 0 Å². The monoisotopic (exact) mass is 313 g/mol. The largest absolute Gasteiger partial charge is 0.280 e. The van der Waals surface area contributed by atoms with E-state index in [4.69, 9.17) is 0 Å². The van der Waals surface area contributed by atoms with Crippen molar-refractivity contribution in [2.45, 2.75) is 11.8 Å². The summed E-state index contributed by atoms with van der Waals surface area (Å²) in [6, 6.07) is 15.7. The van der Waals surface area contributed by atoms with Crippen LogP contribution in [0.5, 0.6) is 0 Å². The summed E-state index contributed by atoms with van der Waals surface area (Å²) < 4.78 is 27.4. The van der Waals surface area contributed by atoms with Crippen LogP contribution in [-0.2, 0) is 10.0 Å². The third-order valence-corrected chi connectivity index (χ3v) is 4.66. The Hall–Kier alpha value is -2.60. The number of nitrogens with zero attached hydrogens (tertiary/aromatic N) is 1. The molecular weight excluding hydrogens is 298 g/mol. The maximum absolute atomic E-state index is 12.4. The van der Waals surface area contributed by atoms with E-state index in [9.17, 15) is 8.42 Å². The van der Waals surface area contributed by atoms with Crippen molar-refractivity contribution in [3.05, 3.63) is 66.4 Å². The highest BCUT2D eigenvalue weighted by molar-refractivity contribution is 7.92. The third kappa shape index (κ3) is 3.01. The van der Waals surface area contributed by atoms with Crippen molar-refractivity contribution in [3.8, 4) is 11.3 Å². The molecule has 3 aromatic rings. The highest BCUT2D eigenvalue weighted by atomic mass is 32.2. The average Bonchev–Trinajstić information content (AvgIpc) is 3.02. The molecule has 0 amide bonds. The molecule has 6 heteroatoms. The van der Waals surface area contributed by atoms with E-state index >= 15 is 0 Å². The number of anilines is 1. The van der Waals surface area contributed by atoms with Gasteiger partial charge in [-0.05, 0) is 37.3 Å². The second kappa shape index (κ2) is 5.65. The van der Waals surface area contributed by atoms with Crippen LogP contribution >= 0.6 is 0 Å². The number of aryl methyl sites for hydroxylation is 1. The Balaban J connectivity index is 1.89. The molecule has 2 aromatic carbocycles. The first-order valence-electron chi connectivity index (χ1n) is 6.74. The van der Waals surface area contributed by atoms with Crippen LogP contribution in [-0.4, -0.2) is 18.6 Å². The highest BCUT2D eigenvalue weighted by Gasteiger charge is 2.14. The molecule has 0 unspecified atom stereocenters. The number of aromatic nitrogens is 2. The molecule has 5 nitrogen and oxygen atoms in total. The number of benzene rings is 2. The summed E-state index contributed by atoms with van der Waals surface area (Å²) in [5.41, 5.74) is 3.21. The van der Waals surface area contributed by atoms with Gasteiger partial charge in [-0.1, -0.05) is 29.8 Å². The molecule has 0 atom stereocenters. The van der Waals surface area contributed by atoms with E-state index in [2.05, 4.69) is 14.9 Å². The van der Waals surface area contributed by atoms with Gasteiger partial charge < -0.3 is 0 Å². The van der Waals surface area contributed by atoms with Crippen LogP contribution in [0.15, 0.2) is 65.7 Å². The Labute approximate surface area is 129 Å². The standard InChI is InChI=1S/C16H15N3O2S/c1-12-5-7-15(8-6-12)22(20,21)19-14-4-2-3-13(11-14)16-9-10-17-18-16/h2-11,19H,1H3,(H,17,18). The van der Waals surface area contributed by atoms with Gasteiger partial charge in [0, 0.05) is 17.4 Å². The number of hydrogen-bond acceptors (Lipinski definition) is 3. The minimum atomic E-state index is -3.59. The second-order valence-electron chi connectivity index (χ2n) is 4.97. The molecule has 0 radical (unpaired) electrons. The molecule has 0 bridgehead atoms. The molecule has 3 rings (SSSR count). The zero-order chi connectivity index (χ0) is 15.6. The van der Waals surface area contributed by atoms with Crippen molar-refractivity contribution in [1.82, 2.24) is 10.2 Å². The average molecular weight is 313 g/mol. The summed E-state index contributed by atoms with van der Waals surface area (Å²) in [6.45, 7) is 1.91. The van der Waals surface area contributed by atoms with Crippen LogP contribution < -0.4 is 4.72 Å². The van der Waals surface area contributed by atoms with E-state index in [0.29, 0.717) is 5.69 Å². The fourth-order valence-electron chi connectivity index (χ4n) is 2.10. The van der Waals surface area contributed by atoms with Gasteiger partial charge in [-0.2, -0.15) is 5.10 Å². The Bertz CT molecular complexity index is 870. The lowest BCUT2D eigenvalue weighted by atomic mass is 10.1. The zero-order valence-corrected chi connectivity index (χ0v) is 12.8. The molecule has 1 heterocycles. The number of hydrogen-bond donors (Lipinski definition) is 2. The Morgan fingerprint density at radius 1 is 1.05 bits per heavy atom. The molecule has 22 heavy (non-hydrogen) atoms. The Morgan fingerprint density at radius 3 is 2.50 bits per heavy atom. The lowest BCUT2D eigenvalue weighted by molar-refractivity contribution is 0.601. The van der Waals surface area contributed by atoms with Crippen molar-refractivity contribution in [1.29, 1.82) is 0 Å². The molecule has 0 aliphatic carbocycles. The van der Waals surface area contributed by atoms with Crippen molar-refractivity contribution in [2.75, 3.05) is 4.72 Å². The van der Waals surface area contributed by atoms with Crippen LogP contribution in [0.4, 0.5) is 5.69 Å². The molecule has 0 saturated carbocycles. The summed E-state index contributed by atoms with van der Waals surface area (Å²) in [5, 5.41) is 6.75. The number of aromatic amines is 1. The number of rotatable bonds is 4. The van der Waals surface area contributed by atoms with Gasteiger partial charge in [-0.25, -0.2) is 8.42 Å². The van der Waals surface area contributed by atoms with Crippen LogP contribution in [0, 0.1) is 6.92 Å². The SMILES string of the molecule is Cc1ccc(S(=O)(=O)Nc2cccc(-c3ccn[nH]3)c2)cc1. The van der Waals surface area contributed by atoms with Crippen molar-refractivity contribution in [3.63, 3.8) is 0 Å². The summed E-state index contributed by atoms with van der Waals surface area (Å²) in [6.07, 6.45) is 1.65. The molecule has 0 fully saturated rings. The minimum absolute atomic E-state index is 0.241. The van der Waals surface area contributed by atoms with E-state index < -0.39 is 10.0 Å². The van der Waals surface area contributed by atoms with E-state index in [0.717, 1.165) is 16.8 Å². The maximum Gasteiger partial charge on any atom is 0.261 e. The fraction of sp³-hybridized carbons (Fsp3) is 0.0625. The van der Waals surface area contributed by atoms with Crippen molar-refractivity contribution in [2.24, 2.45) is 0 Å². The summed E-state index contributed by atoms with van der Waals surface area (Å²) >= 11 is 0. The van der Waals surface area contributed by atoms with Gasteiger partial charge in [0.1, 0.15) is 0 Å². The predicted molar refractivity (Wildman–Crippen MR) is 86.0 cm³/mol. The first-order valence-corrected chi connectivity index (χ1v) is 8.22. The topological polar surface area (TPSA) is 74.8 Å². The van der Waals surface area contributed by atoms with Gasteiger partial charge in [0.15, 0.2) is 0 Å². The van der Waals surface area contributed by atoms with Gasteiger partial charge in [0.2, 0.25) is 0 Å². The lowest BCUT2D eigenvalue weighted by Crippen LogP contribution is -2.12. The lowest BCUT2D eigenvalue weighted by Gasteiger charge is -2.09. The fourth-order valence-corrected chi connectivity index (χ4v) is 3.15. The van der Waals surface area contributed by atoms with Gasteiger partial charge in [0.05, 0.1) is 10.6 Å². The van der Waals surface area contributed by atoms with Gasteiger partial charge in [-0.3, -0.25) is 9.82 Å². The quantitative estimate of drug-likeness (QED) is 0.777. The Morgan fingerprint density at radius 2 is 1.82 bits per heavy atom. The molecule has 112 valence electrons. The van der Waals surface area contributed by atoms with Crippen molar-refractivity contribution >= 4 is 15.7 Å². The molecule has 0 saturated heterocycles.